The van der Waals surface area contributed by atoms with E-state index in [0.717, 1.165) is 17.9 Å². The number of likely N-dealkylation sites (N-methyl/N-ethyl adjacent to an activating group) is 1. The molecule has 1 saturated carbocycles. The third kappa shape index (κ3) is 3.13. The van der Waals surface area contributed by atoms with Crippen LogP contribution in [0, 0.1) is 5.92 Å². The van der Waals surface area contributed by atoms with Gasteiger partial charge in [-0.25, -0.2) is 9.86 Å². The van der Waals surface area contributed by atoms with Gasteiger partial charge in [-0.05, 0) is 39.5 Å². The summed E-state index contributed by atoms with van der Waals surface area (Å²) in [5, 5.41) is 10.5. The van der Waals surface area contributed by atoms with Crippen LogP contribution in [0.15, 0.2) is 0 Å². The lowest BCUT2D eigenvalue weighted by Crippen LogP contribution is -2.57. The summed E-state index contributed by atoms with van der Waals surface area (Å²) in [7, 11) is 2.89. The van der Waals surface area contributed by atoms with Crippen LogP contribution in [0.2, 0.25) is 0 Å². The van der Waals surface area contributed by atoms with Gasteiger partial charge in [0.2, 0.25) is 0 Å². The second-order valence-corrected chi connectivity index (χ2v) is 5.62. The summed E-state index contributed by atoms with van der Waals surface area (Å²) in [6.07, 6.45) is 0.694. The fourth-order valence-electron chi connectivity index (χ4n) is 2.03. The van der Waals surface area contributed by atoms with Crippen molar-refractivity contribution >= 4 is 12.0 Å². The SMILES string of the molecule is CON(C)C(=O)C(C1CC1)N(C(=O)O)C(C)(C)C. The Morgan fingerprint density at radius 2 is 1.83 bits per heavy atom. The molecule has 1 aliphatic carbocycles. The molecule has 0 aromatic rings. The number of rotatable bonds is 4. The lowest BCUT2D eigenvalue weighted by molar-refractivity contribution is -0.176. The van der Waals surface area contributed by atoms with Crippen molar-refractivity contribution in [3.63, 3.8) is 0 Å². The molecular formula is C12H22N2O4. The van der Waals surface area contributed by atoms with Crippen molar-refractivity contribution in [2.75, 3.05) is 14.2 Å². The molecule has 0 radical (unpaired) electrons. The van der Waals surface area contributed by atoms with E-state index in [2.05, 4.69) is 0 Å². The molecule has 0 bridgehead atoms. The van der Waals surface area contributed by atoms with Crippen LogP contribution in [0.5, 0.6) is 0 Å². The Bertz CT molecular complexity index is 333. The second-order valence-electron chi connectivity index (χ2n) is 5.62. The number of hydrogen-bond donors (Lipinski definition) is 1. The number of hydrogen-bond acceptors (Lipinski definition) is 3. The zero-order chi connectivity index (χ0) is 14.1. The average molecular weight is 258 g/mol. The standard InChI is InChI=1S/C12H22N2O4/c1-12(2,3)14(11(16)17)9(8-6-7-8)10(15)13(4)18-5/h8-9H,6-7H2,1-5H3,(H,16,17). The number of amides is 2. The minimum Gasteiger partial charge on any atom is -0.465 e. The first-order valence-corrected chi connectivity index (χ1v) is 6.04. The minimum absolute atomic E-state index is 0.102. The Kier molecular flexibility index (Phi) is 4.21. The van der Waals surface area contributed by atoms with Crippen LogP contribution in [-0.2, 0) is 9.63 Å². The maximum atomic E-state index is 12.2. The van der Waals surface area contributed by atoms with Crippen LogP contribution in [0.1, 0.15) is 33.6 Å². The molecule has 1 N–H and O–H groups in total. The molecule has 0 aromatic heterocycles. The maximum absolute atomic E-state index is 12.2. The van der Waals surface area contributed by atoms with E-state index in [1.165, 1.54) is 19.1 Å². The van der Waals surface area contributed by atoms with Gasteiger partial charge in [0.15, 0.2) is 0 Å². The van der Waals surface area contributed by atoms with Crippen molar-refractivity contribution < 1.29 is 19.5 Å². The van der Waals surface area contributed by atoms with E-state index in [0.29, 0.717) is 0 Å². The third-order valence-electron chi connectivity index (χ3n) is 3.11. The highest BCUT2D eigenvalue weighted by Gasteiger charge is 2.47. The predicted molar refractivity (Wildman–Crippen MR) is 65.9 cm³/mol. The van der Waals surface area contributed by atoms with E-state index in [1.54, 1.807) is 20.8 Å². The number of carboxylic acid groups (broad SMARTS) is 1. The number of hydroxylamine groups is 2. The Hall–Kier alpha value is -1.30. The summed E-state index contributed by atoms with van der Waals surface area (Å²) >= 11 is 0. The van der Waals surface area contributed by atoms with Gasteiger partial charge in [0.05, 0.1) is 7.11 Å². The van der Waals surface area contributed by atoms with Gasteiger partial charge in [0.1, 0.15) is 6.04 Å². The van der Waals surface area contributed by atoms with Crippen LogP contribution in [-0.4, -0.2) is 52.8 Å². The smallest absolute Gasteiger partial charge is 0.408 e. The number of carbonyl (C=O) groups is 2. The lowest BCUT2D eigenvalue weighted by atomic mass is 10.0. The van der Waals surface area contributed by atoms with Gasteiger partial charge in [-0.15, -0.1) is 0 Å². The van der Waals surface area contributed by atoms with Gasteiger partial charge < -0.3 is 5.11 Å². The van der Waals surface area contributed by atoms with Gasteiger partial charge in [0.25, 0.3) is 5.91 Å². The fourth-order valence-corrected chi connectivity index (χ4v) is 2.03. The molecule has 1 atom stereocenters. The fraction of sp³-hybridized carbons (Fsp3) is 0.833. The maximum Gasteiger partial charge on any atom is 0.408 e. The average Bonchev–Trinajstić information content (AvgIpc) is 3.04. The normalized spacial score (nSPS) is 17.2. The molecule has 2 amide bonds. The first-order valence-electron chi connectivity index (χ1n) is 6.04. The highest BCUT2D eigenvalue weighted by atomic mass is 16.7. The first-order chi connectivity index (χ1) is 8.20. The van der Waals surface area contributed by atoms with Crippen molar-refractivity contribution in [2.45, 2.75) is 45.2 Å². The van der Waals surface area contributed by atoms with E-state index < -0.39 is 17.7 Å². The Balaban J connectivity index is 3.02. The Labute approximate surface area is 107 Å². The number of carbonyl (C=O) groups excluding carboxylic acids is 1. The largest absolute Gasteiger partial charge is 0.465 e. The molecule has 1 fully saturated rings. The van der Waals surface area contributed by atoms with Crippen molar-refractivity contribution in [1.29, 1.82) is 0 Å². The molecule has 104 valence electrons. The summed E-state index contributed by atoms with van der Waals surface area (Å²) in [5.41, 5.74) is -0.622. The van der Waals surface area contributed by atoms with E-state index >= 15 is 0 Å². The van der Waals surface area contributed by atoms with Crippen molar-refractivity contribution in [2.24, 2.45) is 5.92 Å². The highest BCUT2D eigenvalue weighted by molar-refractivity contribution is 5.85. The second kappa shape index (κ2) is 5.14. The Morgan fingerprint density at radius 1 is 1.33 bits per heavy atom. The molecule has 0 heterocycles. The van der Waals surface area contributed by atoms with E-state index in [4.69, 9.17) is 4.84 Å². The summed E-state index contributed by atoms with van der Waals surface area (Å²) < 4.78 is 0. The summed E-state index contributed by atoms with van der Waals surface area (Å²) in [4.78, 5) is 29.8. The van der Waals surface area contributed by atoms with Crippen LogP contribution < -0.4 is 0 Å². The van der Waals surface area contributed by atoms with Crippen LogP contribution in [0.25, 0.3) is 0 Å². The zero-order valence-electron chi connectivity index (χ0n) is 11.6. The zero-order valence-corrected chi connectivity index (χ0v) is 11.6. The molecule has 18 heavy (non-hydrogen) atoms. The molecule has 0 spiro atoms. The van der Waals surface area contributed by atoms with E-state index in [9.17, 15) is 14.7 Å². The van der Waals surface area contributed by atoms with E-state index in [1.807, 2.05) is 0 Å². The third-order valence-corrected chi connectivity index (χ3v) is 3.11. The molecule has 1 rings (SSSR count). The van der Waals surface area contributed by atoms with Gasteiger partial charge >= 0.3 is 6.09 Å². The molecule has 6 heteroatoms. The molecular weight excluding hydrogens is 236 g/mol. The van der Waals surface area contributed by atoms with Crippen molar-refractivity contribution in [3.8, 4) is 0 Å². The van der Waals surface area contributed by atoms with Crippen LogP contribution in [0.3, 0.4) is 0 Å². The van der Waals surface area contributed by atoms with Gasteiger partial charge in [-0.3, -0.25) is 14.5 Å². The lowest BCUT2D eigenvalue weighted by Gasteiger charge is -2.39. The quantitative estimate of drug-likeness (QED) is 0.777. The molecule has 0 aromatic carbocycles. The molecule has 1 unspecified atom stereocenters. The predicted octanol–water partition coefficient (Wildman–Crippen LogP) is 1.56. The molecule has 0 aliphatic heterocycles. The number of nitrogens with zero attached hydrogens (tertiary/aromatic N) is 2. The van der Waals surface area contributed by atoms with Crippen LogP contribution in [0.4, 0.5) is 4.79 Å². The first kappa shape index (κ1) is 14.8. The van der Waals surface area contributed by atoms with Crippen molar-refractivity contribution in [3.05, 3.63) is 0 Å². The van der Waals surface area contributed by atoms with E-state index in [-0.39, 0.29) is 11.8 Å². The van der Waals surface area contributed by atoms with Crippen molar-refractivity contribution in [1.82, 2.24) is 9.96 Å². The topological polar surface area (TPSA) is 70.1 Å². The highest BCUT2D eigenvalue weighted by Crippen LogP contribution is 2.38. The summed E-state index contributed by atoms with van der Waals surface area (Å²) in [5.74, 6) is -0.206. The van der Waals surface area contributed by atoms with Crippen LogP contribution >= 0.6 is 0 Å². The van der Waals surface area contributed by atoms with Gasteiger partial charge in [-0.1, -0.05) is 0 Å². The summed E-state index contributed by atoms with van der Waals surface area (Å²) in [6, 6.07) is -0.660. The summed E-state index contributed by atoms with van der Waals surface area (Å²) in [6.45, 7) is 5.36. The van der Waals surface area contributed by atoms with Gasteiger partial charge in [0, 0.05) is 12.6 Å². The minimum atomic E-state index is -1.07. The molecule has 0 saturated heterocycles. The Morgan fingerprint density at radius 3 is 2.11 bits per heavy atom. The monoisotopic (exact) mass is 258 g/mol. The van der Waals surface area contributed by atoms with Gasteiger partial charge in [-0.2, -0.15) is 0 Å². The molecule has 1 aliphatic rings. The molecule has 6 nitrogen and oxygen atoms in total.